The molecular weight excluding hydrogens is 328 g/mol. The van der Waals surface area contributed by atoms with E-state index in [9.17, 15) is 14.4 Å². The van der Waals surface area contributed by atoms with Crippen LogP contribution in [0.2, 0.25) is 0 Å². The molecule has 0 radical (unpaired) electrons. The standard InChI is InChI=1S/C21H28N2O3/c24-19(18-11-10-15-6-4-5-9-17(15)14-18)12-13-20(25)22-23-21(26)16-7-2-1-3-8-16/h10-11,14,16H,1-9,12-13H2,(H,22,25)(H,23,26). The van der Waals surface area contributed by atoms with Crippen LogP contribution in [0.4, 0.5) is 0 Å². The molecule has 0 unspecified atom stereocenters. The van der Waals surface area contributed by atoms with Gasteiger partial charge in [-0.05, 0) is 55.7 Å². The van der Waals surface area contributed by atoms with Crippen LogP contribution in [0.25, 0.3) is 0 Å². The summed E-state index contributed by atoms with van der Waals surface area (Å²) in [6.45, 7) is 0. The number of Topliss-reactive ketones (excluding diaryl/α,β-unsaturated/α-hetero) is 1. The number of aryl methyl sites for hydroxylation is 2. The third kappa shape index (κ3) is 4.93. The lowest BCUT2D eigenvalue weighted by atomic mass is 9.89. The molecule has 2 aliphatic rings. The van der Waals surface area contributed by atoms with Crippen LogP contribution < -0.4 is 10.9 Å². The van der Waals surface area contributed by atoms with Crippen molar-refractivity contribution in [3.8, 4) is 0 Å². The Kier molecular flexibility index (Phi) is 6.42. The number of carbonyl (C=O) groups is 3. The van der Waals surface area contributed by atoms with Crippen molar-refractivity contribution in [2.45, 2.75) is 70.6 Å². The fraction of sp³-hybridized carbons (Fsp3) is 0.571. The highest BCUT2D eigenvalue weighted by atomic mass is 16.2. The van der Waals surface area contributed by atoms with Gasteiger partial charge >= 0.3 is 0 Å². The molecule has 140 valence electrons. The number of carbonyl (C=O) groups excluding carboxylic acids is 3. The van der Waals surface area contributed by atoms with Gasteiger partial charge in [-0.3, -0.25) is 25.2 Å². The highest BCUT2D eigenvalue weighted by Crippen LogP contribution is 2.24. The van der Waals surface area contributed by atoms with Crippen LogP contribution in [0.15, 0.2) is 18.2 Å². The molecule has 0 aromatic heterocycles. The second kappa shape index (κ2) is 8.97. The average molecular weight is 356 g/mol. The Labute approximate surface area is 154 Å². The van der Waals surface area contributed by atoms with Gasteiger partial charge in [0.1, 0.15) is 0 Å². The molecule has 2 N–H and O–H groups in total. The van der Waals surface area contributed by atoms with Gasteiger partial charge in [-0.2, -0.15) is 0 Å². The molecule has 2 amide bonds. The Morgan fingerprint density at radius 1 is 0.846 bits per heavy atom. The summed E-state index contributed by atoms with van der Waals surface area (Å²) in [6.07, 6.45) is 9.85. The molecule has 26 heavy (non-hydrogen) atoms. The number of ketones is 1. The van der Waals surface area contributed by atoms with Gasteiger partial charge in [0.05, 0.1) is 0 Å². The zero-order chi connectivity index (χ0) is 18.4. The fourth-order valence-corrected chi connectivity index (χ4v) is 3.94. The molecule has 1 saturated carbocycles. The highest BCUT2D eigenvalue weighted by molar-refractivity contribution is 5.98. The molecule has 5 nitrogen and oxygen atoms in total. The second-order valence-electron chi connectivity index (χ2n) is 7.49. The van der Waals surface area contributed by atoms with Crippen molar-refractivity contribution in [3.63, 3.8) is 0 Å². The third-order valence-corrected chi connectivity index (χ3v) is 5.55. The normalized spacial score (nSPS) is 17.2. The molecule has 1 aromatic rings. The van der Waals surface area contributed by atoms with Crippen LogP contribution in [0, 0.1) is 5.92 Å². The van der Waals surface area contributed by atoms with E-state index in [0.717, 1.165) is 38.5 Å². The van der Waals surface area contributed by atoms with Gasteiger partial charge in [0.15, 0.2) is 5.78 Å². The number of hydrogen-bond acceptors (Lipinski definition) is 3. The molecule has 1 fully saturated rings. The maximum atomic E-state index is 12.4. The zero-order valence-corrected chi connectivity index (χ0v) is 15.3. The van der Waals surface area contributed by atoms with Gasteiger partial charge in [-0.1, -0.05) is 31.4 Å². The minimum atomic E-state index is -0.319. The van der Waals surface area contributed by atoms with E-state index in [0.29, 0.717) is 5.56 Å². The average Bonchev–Trinajstić information content (AvgIpc) is 2.70. The van der Waals surface area contributed by atoms with Crippen LogP contribution >= 0.6 is 0 Å². The molecule has 0 spiro atoms. The van der Waals surface area contributed by atoms with Gasteiger partial charge in [-0.15, -0.1) is 0 Å². The molecule has 0 atom stereocenters. The lowest BCUT2D eigenvalue weighted by Gasteiger charge is -2.20. The highest BCUT2D eigenvalue weighted by Gasteiger charge is 2.21. The number of hydrazine groups is 1. The monoisotopic (exact) mass is 356 g/mol. The summed E-state index contributed by atoms with van der Waals surface area (Å²) in [4.78, 5) is 36.3. The van der Waals surface area contributed by atoms with Crippen molar-refractivity contribution in [1.29, 1.82) is 0 Å². The van der Waals surface area contributed by atoms with E-state index in [1.165, 1.54) is 30.4 Å². The fourth-order valence-electron chi connectivity index (χ4n) is 3.94. The Balaban J connectivity index is 1.42. The molecule has 0 heterocycles. The molecule has 2 aliphatic carbocycles. The maximum absolute atomic E-state index is 12.4. The van der Waals surface area contributed by atoms with E-state index in [1.54, 1.807) is 0 Å². The van der Waals surface area contributed by atoms with E-state index in [1.807, 2.05) is 18.2 Å². The first kappa shape index (κ1) is 18.6. The number of benzene rings is 1. The minimum absolute atomic E-state index is 0.00109. The molecule has 0 bridgehead atoms. The Bertz CT molecular complexity index is 678. The van der Waals surface area contributed by atoms with E-state index >= 15 is 0 Å². The van der Waals surface area contributed by atoms with E-state index < -0.39 is 0 Å². The first-order valence-electron chi connectivity index (χ1n) is 9.87. The first-order valence-corrected chi connectivity index (χ1v) is 9.87. The largest absolute Gasteiger partial charge is 0.294 e. The predicted octanol–water partition coefficient (Wildman–Crippen LogP) is 3.26. The van der Waals surface area contributed by atoms with Gasteiger partial charge in [0.2, 0.25) is 11.8 Å². The van der Waals surface area contributed by atoms with Gasteiger partial charge in [0.25, 0.3) is 0 Å². The number of nitrogens with one attached hydrogen (secondary N) is 2. The Morgan fingerprint density at radius 2 is 1.58 bits per heavy atom. The molecule has 5 heteroatoms. The number of hydrogen-bond donors (Lipinski definition) is 2. The number of amides is 2. The number of fused-ring (bicyclic) bond motifs is 1. The summed E-state index contributed by atoms with van der Waals surface area (Å²) in [5.74, 6) is -0.451. The van der Waals surface area contributed by atoms with Crippen LogP contribution in [0.1, 0.15) is 79.3 Å². The predicted molar refractivity (Wildman–Crippen MR) is 99.5 cm³/mol. The lowest BCUT2D eigenvalue weighted by molar-refractivity contribution is -0.131. The maximum Gasteiger partial charge on any atom is 0.241 e. The Morgan fingerprint density at radius 3 is 2.35 bits per heavy atom. The van der Waals surface area contributed by atoms with Crippen molar-refractivity contribution >= 4 is 17.6 Å². The van der Waals surface area contributed by atoms with Crippen molar-refractivity contribution in [1.82, 2.24) is 10.9 Å². The molecular formula is C21H28N2O3. The van der Waals surface area contributed by atoms with Gasteiger partial charge in [-0.25, -0.2) is 0 Å². The summed E-state index contributed by atoms with van der Waals surface area (Å²) >= 11 is 0. The quantitative estimate of drug-likeness (QED) is 0.628. The summed E-state index contributed by atoms with van der Waals surface area (Å²) in [5.41, 5.74) is 8.25. The van der Waals surface area contributed by atoms with Crippen LogP contribution in [-0.4, -0.2) is 17.6 Å². The first-order chi connectivity index (χ1) is 12.6. The van der Waals surface area contributed by atoms with Crippen LogP contribution in [0.3, 0.4) is 0 Å². The second-order valence-corrected chi connectivity index (χ2v) is 7.49. The van der Waals surface area contributed by atoms with Gasteiger partial charge < -0.3 is 0 Å². The summed E-state index contributed by atoms with van der Waals surface area (Å²) in [7, 11) is 0. The Hall–Kier alpha value is -2.17. The van der Waals surface area contributed by atoms with Crippen molar-refractivity contribution < 1.29 is 14.4 Å². The van der Waals surface area contributed by atoms with E-state index in [2.05, 4.69) is 10.9 Å². The number of rotatable bonds is 5. The van der Waals surface area contributed by atoms with Crippen molar-refractivity contribution in [3.05, 3.63) is 34.9 Å². The van der Waals surface area contributed by atoms with Crippen molar-refractivity contribution in [2.75, 3.05) is 0 Å². The zero-order valence-electron chi connectivity index (χ0n) is 15.3. The molecule has 0 aliphatic heterocycles. The summed E-state index contributed by atoms with van der Waals surface area (Å²) in [6, 6.07) is 5.90. The van der Waals surface area contributed by atoms with Gasteiger partial charge in [0, 0.05) is 24.3 Å². The van der Waals surface area contributed by atoms with E-state index in [4.69, 9.17) is 0 Å². The van der Waals surface area contributed by atoms with Crippen LogP contribution in [-0.2, 0) is 22.4 Å². The smallest absolute Gasteiger partial charge is 0.241 e. The third-order valence-electron chi connectivity index (χ3n) is 5.55. The van der Waals surface area contributed by atoms with Crippen molar-refractivity contribution in [2.24, 2.45) is 5.92 Å². The molecule has 0 saturated heterocycles. The van der Waals surface area contributed by atoms with E-state index in [-0.39, 0.29) is 36.4 Å². The lowest BCUT2D eigenvalue weighted by Crippen LogP contribution is -2.45. The molecule has 3 rings (SSSR count). The summed E-state index contributed by atoms with van der Waals surface area (Å²) in [5, 5.41) is 0. The summed E-state index contributed by atoms with van der Waals surface area (Å²) < 4.78 is 0. The SMILES string of the molecule is O=C(CCC(=O)c1ccc2c(c1)CCCC2)NNC(=O)C1CCCCC1. The topological polar surface area (TPSA) is 75.3 Å². The van der Waals surface area contributed by atoms with Crippen LogP contribution in [0.5, 0.6) is 0 Å². The minimum Gasteiger partial charge on any atom is -0.294 e. The molecule has 1 aromatic carbocycles.